The van der Waals surface area contributed by atoms with E-state index in [0.717, 1.165) is 29.0 Å². The molecule has 0 aliphatic carbocycles. The van der Waals surface area contributed by atoms with Gasteiger partial charge in [-0.1, -0.05) is 19.4 Å². The van der Waals surface area contributed by atoms with Crippen LogP contribution in [0.3, 0.4) is 0 Å². The maximum Gasteiger partial charge on any atom is 0.311 e. The summed E-state index contributed by atoms with van der Waals surface area (Å²) < 4.78 is 1.56. The highest BCUT2D eigenvalue weighted by Crippen LogP contribution is 2.25. The van der Waals surface area contributed by atoms with Gasteiger partial charge >= 0.3 is 5.97 Å². The molecule has 108 valence electrons. The number of carboxylic acid groups (broad SMARTS) is 1. The molecule has 0 fully saturated rings. The van der Waals surface area contributed by atoms with Crippen molar-refractivity contribution < 1.29 is 9.90 Å². The fourth-order valence-electron chi connectivity index (χ4n) is 2.23. The number of aryl methyl sites for hydroxylation is 1. The van der Waals surface area contributed by atoms with Crippen LogP contribution in [0.15, 0.2) is 23.6 Å². The number of aliphatic carboxylic acids is 1. The van der Waals surface area contributed by atoms with Crippen molar-refractivity contribution in [3.63, 3.8) is 0 Å². The van der Waals surface area contributed by atoms with E-state index in [0.29, 0.717) is 11.5 Å². The van der Waals surface area contributed by atoms with Crippen molar-refractivity contribution >= 4 is 23.0 Å². The Bertz CT molecular complexity index is 780. The Labute approximate surface area is 125 Å². The lowest BCUT2D eigenvalue weighted by molar-refractivity contribution is -0.136. The highest BCUT2D eigenvalue weighted by Gasteiger charge is 2.15. The molecule has 0 aromatic carbocycles. The van der Waals surface area contributed by atoms with Crippen molar-refractivity contribution in [3.8, 4) is 10.6 Å². The van der Waals surface area contributed by atoms with Crippen LogP contribution in [-0.2, 0) is 17.6 Å². The predicted octanol–water partition coefficient (Wildman–Crippen LogP) is 2.43. The van der Waals surface area contributed by atoms with E-state index >= 15 is 0 Å². The minimum absolute atomic E-state index is 0.187. The normalized spacial score (nSPS) is 11.1. The molecule has 0 bridgehead atoms. The molecule has 0 saturated heterocycles. The van der Waals surface area contributed by atoms with Crippen LogP contribution < -0.4 is 0 Å². The largest absolute Gasteiger partial charge is 0.481 e. The van der Waals surface area contributed by atoms with Gasteiger partial charge in [-0.2, -0.15) is 9.61 Å². The van der Waals surface area contributed by atoms with Gasteiger partial charge in [0.15, 0.2) is 11.5 Å². The molecule has 0 aliphatic rings. The Hall–Kier alpha value is -2.28. The molecular weight excluding hydrogens is 288 g/mol. The zero-order valence-electron chi connectivity index (χ0n) is 11.5. The first-order chi connectivity index (χ1) is 10.2. The number of carbonyl (C=O) groups is 1. The minimum atomic E-state index is -0.940. The first kappa shape index (κ1) is 13.7. The zero-order valence-corrected chi connectivity index (χ0v) is 12.3. The van der Waals surface area contributed by atoms with Crippen LogP contribution in [0.2, 0.25) is 0 Å². The van der Waals surface area contributed by atoms with E-state index in [2.05, 4.69) is 22.2 Å². The average Bonchev–Trinajstić information content (AvgIpc) is 3.08. The molecule has 1 N–H and O–H groups in total. The van der Waals surface area contributed by atoms with E-state index in [1.807, 2.05) is 23.6 Å². The number of fused-ring (bicyclic) bond motifs is 1. The first-order valence-corrected chi connectivity index (χ1v) is 7.57. The molecule has 0 unspecified atom stereocenters. The van der Waals surface area contributed by atoms with Crippen molar-refractivity contribution in [2.24, 2.45) is 0 Å². The molecule has 7 heteroatoms. The Morgan fingerprint density at radius 3 is 2.95 bits per heavy atom. The second-order valence-electron chi connectivity index (χ2n) is 4.70. The maximum atomic E-state index is 10.9. The van der Waals surface area contributed by atoms with Gasteiger partial charge in [0.1, 0.15) is 12.1 Å². The summed E-state index contributed by atoms with van der Waals surface area (Å²) in [5.74, 6) is -0.585. The van der Waals surface area contributed by atoms with E-state index in [1.54, 1.807) is 15.9 Å². The van der Waals surface area contributed by atoms with Crippen molar-refractivity contribution in [2.75, 3.05) is 0 Å². The van der Waals surface area contributed by atoms with Crippen LogP contribution in [0.1, 0.15) is 24.7 Å². The van der Waals surface area contributed by atoms with E-state index in [9.17, 15) is 4.79 Å². The number of nitrogens with zero attached hydrogens (tertiary/aromatic N) is 4. The third-order valence-corrected chi connectivity index (χ3v) is 4.01. The number of hydrogen-bond acceptors (Lipinski definition) is 5. The Balaban J connectivity index is 2.19. The summed E-state index contributed by atoms with van der Waals surface area (Å²) in [6.07, 6.45) is 1.65. The van der Waals surface area contributed by atoms with Gasteiger partial charge in [-0.05, 0) is 23.9 Å². The molecule has 0 saturated carbocycles. The van der Waals surface area contributed by atoms with Crippen LogP contribution in [0.25, 0.3) is 16.2 Å². The molecule has 21 heavy (non-hydrogen) atoms. The average molecular weight is 302 g/mol. The van der Waals surface area contributed by atoms with E-state index in [1.165, 1.54) is 0 Å². The number of aromatic nitrogens is 4. The highest BCUT2D eigenvalue weighted by atomic mass is 32.1. The molecule has 3 aromatic heterocycles. The van der Waals surface area contributed by atoms with Crippen LogP contribution in [-0.4, -0.2) is 30.9 Å². The lowest BCUT2D eigenvalue weighted by Crippen LogP contribution is -2.08. The van der Waals surface area contributed by atoms with Crippen molar-refractivity contribution in [3.05, 3.63) is 35.0 Å². The van der Waals surface area contributed by atoms with Crippen molar-refractivity contribution in [2.45, 2.75) is 26.2 Å². The molecule has 0 amide bonds. The lowest BCUT2D eigenvalue weighted by atomic mass is 10.1. The summed E-state index contributed by atoms with van der Waals surface area (Å²) in [6, 6.07) is 5.98. The van der Waals surface area contributed by atoms with Gasteiger partial charge < -0.3 is 5.11 Å². The van der Waals surface area contributed by atoms with Gasteiger partial charge in [0.25, 0.3) is 0 Å². The summed E-state index contributed by atoms with van der Waals surface area (Å²) in [5.41, 5.74) is 2.51. The number of carboxylic acids is 1. The predicted molar refractivity (Wildman–Crippen MR) is 79.4 cm³/mol. The smallest absolute Gasteiger partial charge is 0.311 e. The lowest BCUT2D eigenvalue weighted by Gasteiger charge is -2.05. The molecule has 0 radical (unpaired) electrons. The Morgan fingerprint density at radius 2 is 2.29 bits per heavy atom. The van der Waals surface area contributed by atoms with Crippen LogP contribution >= 0.6 is 11.3 Å². The van der Waals surface area contributed by atoms with Gasteiger partial charge in [0, 0.05) is 5.56 Å². The minimum Gasteiger partial charge on any atom is -0.481 e. The van der Waals surface area contributed by atoms with Crippen LogP contribution in [0.4, 0.5) is 0 Å². The number of thiophene rings is 1. The molecule has 6 nitrogen and oxygen atoms in total. The van der Waals surface area contributed by atoms with E-state index in [-0.39, 0.29) is 6.42 Å². The highest BCUT2D eigenvalue weighted by molar-refractivity contribution is 7.13. The zero-order chi connectivity index (χ0) is 14.8. The molecule has 3 rings (SSSR count). The quantitative estimate of drug-likeness (QED) is 0.783. The third kappa shape index (κ3) is 2.64. The second-order valence-corrected chi connectivity index (χ2v) is 5.65. The monoisotopic (exact) mass is 302 g/mol. The van der Waals surface area contributed by atoms with Gasteiger partial charge in [-0.25, -0.2) is 0 Å². The third-order valence-electron chi connectivity index (χ3n) is 3.11. The number of rotatable bonds is 5. The fourth-order valence-corrected chi connectivity index (χ4v) is 2.91. The van der Waals surface area contributed by atoms with Gasteiger partial charge in [0.2, 0.25) is 0 Å². The van der Waals surface area contributed by atoms with Gasteiger partial charge in [-0.3, -0.25) is 4.79 Å². The summed E-state index contributed by atoms with van der Waals surface area (Å²) >= 11 is 1.60. The molecule has 3 heterocycles. The Morgan fingerprint density at radius 1 is 1.43 bits per heavy atom. The second kappa shape index (κ2) is 5.61. The maximum absolute atomic E-state index is 10.9. The fraction of sp³-hybridized carbons (Fsp3) is 0.286. The number of hydrogen-bond donors (Lipinski definition) is 1. The molecule has 0 spiro atoms. The Kier molecular flexibility index (Phi) is 3.66. The van der Waals surface area contributed by atoms with E-state index < -0.39 is 5.97 Å². The van der Waals surface area contributed by atoms with E-state index in [4.69, 9.17) is 5.11 Å². The summed E-state index contributed by atoms with van der Waals surface area (Å²) in [4.78, 5) is 12.0. The topological polar surface area (TPSA) is 80.4 Å². The summed E-state index contributed by atoms with van der Waals surface area (Å²) in [6.45, 7) is 2.09. The van der Waals surface area contributed by atoms with Gasteiger partial charge in [0.05, 0.1) is 4.88 Å². The molecule has 3 aromatic rings. The van der Waals surface area contributed by atoms with Crippen LogP contribution in [0.5, 0.6) is 0 Å². The van der Waals surface area contributed by atoms with Crippen molar-refractivity contribution in [1.82, 2.24) is 19.8 Å². The van der Waals surface area contributed by atoms with Gasteiger partial charge in [-0.15, -0.1) is 21.5 Å². The standard InChI is InChI=1S/C14H14N4O2S/c1-2-4-9-7-10(11-5-3-6-21-11)17-18-12(8-13(19)20)15-16-14(9)18/h3,5-7H,2,4,8H2,1H3,(H,19,20). The molecule has 0 aliphatic heterocycles. The SMILES string of the molecule is CCCc1cc(-c2cccs2)nn2c(CC(=O)O)nnc12. The van der Waals surface area contributed by atoms with Crippen LogP contribution in [0, 0.1) is 0 Å². The molecular formula is C14H14N4O2S. The molecule has 0 atom stereocenters. The van der Waals surface area contributed by atoms with Crippen molar-refractivity contribution in [1.29, 1.82) is 0 Å². The summed E-state index contributed by atoms with van der Waals surface area (Å²) in [5, 5.41) is 23.5. The summed E-state index contributed by atoms with van der Waals surface area (Å²) in [7, 11) is 0. The first-order valence-electron chi connectivity index (χ1n) is 6.69.